The number of halogens is 3. The maximum absolute atomic E-state index is 14.1. The molecule has 2 aromatic carbocycles. The van der Waals surface area contributed by atoms with Crippen molar-refractivity contribution in [3.63, 3.8) is 0 Å². The molecule has 9 heteroatoms. The first-order valence-electron chi connectivity index (χ1n) is 10.1. The van der Waals surface area contributed by atoms with E-state index in [4.69, 9.17) is 16.3 Å². The fourth-order valence-electron chi connectivity index (χ4n) is 3.42. The number of anilines is 1. The number of nitrogens with zero attached hydrogens (tertiary/aromatic N) is 2. The van der Waals surface area contributed by atoms with Gasteiger partial charge in [0.15, 0.2) is 10.9 Å². The molecule has 0 aliphatic carbocycles. The van der Waals surface area contributed by atoms with E-state index in [2.05, 4.69) is 4.98 Å². The van der Waals surface area contributed by atoms with Gasteiger partial charge in [-0.1, -0.05) is 22.9 Å². The molecule has 0 radical (unpaired) electrons. The van der Waals surface area contributed by atoms with Gasteiger partial charge in [-0.25, -0.2) is 13.8 Å². The summed E-state index contributed by atoms with van der Waals surface area (Å²) in [7, 11) is 0. The van der Waals surface area contributed by atoms with Crippen LogP contribution >= 0.6 is 34.7 Å². The predicted molar refractivity (Wildman–Crippen MR) is 122 cm³/mol. The number of hydrogen-bond donors (Lipinski definition) is 0. The Morgan fingerprint density at radius 1 is 1.29 bits per heavy atom. The van der Waals surface area contributed by atoms with Crippen molar-refractivity contribution in [2.45, 2.75) is 36.7 Å². The number of rotatable bonds is 8. The van der Waals surface area contributed by atoms with Gasteiger partial charge in [-0.3, -0.25) is 9.69 Å². The van der Waals surface area contributed by atoms with Crippen LogP contribution in [-0.4, -0.2) is 35.9 Å². The number of thioether (sulfide) groups is 1. The van der Waals surface area contributed by atoms with Crippen molar-refractivity contribution in [1.82, 2.24) is 4.98 Å². The Labute approximate surface area is 192 Å². The van der Waals surface area contributed by atoms with Crippen molar-refractivity contribution >= 4 is 56.0 Å². The van der Waals surface area contributed by atoms with Gasteiger partial charge in [-0.2, -0.15) is 0 Å². The monoisotopic (exact) mass is 482 g/mol. The van der Waals surface area contributed by atoms with Gasteiger partial charge in [0.25, 0.3) is 0 Å². The molecular weight excluding hydrogens is 462 g/mol. The van der Waals surface area contributed by atoms with E-state index < -0.39 is 11.6 Å². The van der Waals surface area contributed by atoms with Gasteiger partial charge < -0.3 is 4.74 Å². The number of ether oxygens (including phenoxy) is 1. The number of benzene rings is 2. The lowest BCUT2D eigenvalue weighted by Crippen LogP contribution is -2.37. The number of amides is 1. The van der Waals surface area contributed by atoms with E-state index >= 15 is 0 Å². The highest BCUT2D eigenvalue weighted by atomic mass is 35.5. The lowest BCUT2D eigenvalue weighted by Gasteiger charge is -2.23. The molecule has 3 aromatic rings. The first kappa shape index (κ1) is 22.5. The lowest BCUT2D eigenvalue weighted by atomic mass is 10.2. The predicted octanol–water partition coefficient (Wildman–Crippen LogP) is 6.31. The van der Waals surface area contributed by atoms with Crippen molar-refractivity contribution in [2.75, 3.05) is 23.8 Å². The van der Waals surface area contributed by atoms with Crippen molar-refractivity contribution in [2.24, 2.45) is 0 Å². The Morgan fingerprint density at radius 3 is 2.84 bits per heavy atom. The van der Waals surface area contributed by atoms with E-state index in [1.165, 1.54) is 6.07 Å². The van der Waals surface area contributed by atoms with Gasteiger partial charge in [0.05, 0.1) is 17.3 Å². The molecule has 0 spiro atoms. The Kier molecular flexibility index (Phi) is 7.43. The number of carbonyl (C=O) groups is 1. The van der Waals surface area contributed by atoms with Crippen molar-refractivity contribution in [3.8, 4) is 0 Å². The molecule has 0 saturated carbocycles. The zero-order valence-corrected chi connectivity index (χ0v) is 19.0. The molecule has 1 aliphatic heterocycles. The SMILES string of the molecule is O=C(CCCSc1ccc(Cl)cc1)N(CC1CCCO1)c1nc2c(F)cc(F)cc2s1. The standard InChI is InChI=1S/C22H21ClF2N2O2S2/c23-14-5-7-17(8-6-14)30-10-2-4-20(28)27(13-16-3-1-9-29-16)22-26-21-18(25)11-15(24)12-19(21)31-22/h5-8,11-12,16H,1-4,9-10,13H2. The first-order chi connectivity index (χ1) is 15.0. The summed E-state index contributed by atoms with van der Waals surface area (Å²) in [5.74, 6) is -0.689. The van der Waals surface area contributed by atoms with Gasteiger partial charge in [0.2, 0.25) is 5.91 Å². The highest BCUT2D eigenvalue weighted by Crippen LogP contribution is 2.32. The van der Waals surface area contributed by atoms with E-state index in [1.54, 1.807) is 16.7 Å². The van der Waals surface area contributed by atoms with Crippen LogP contribution in [0, 0.1) is 11.6 Å². The maximum Gasteiger partial charge on any atom is 0.228 e. The van der Waals surface area contributed by atoms with E-state index in [-0.39, 0.29) is 17.5 Å². The van der Waals surface area contributed by atoms with Crippen molar-refractivity contribution < 1.29 is 18.3 Å². The molecule has 1 amide bonds. The third-order valence-electron chi connectivity index (χ3n) is 4.96. The average Bonchev–Trinajstić information content (AvgIpc) is 3.40. The Hall–Kier alpha value is -1.74. The smallest absolute Gasteiger partial charge is 0.228 e. The average molecular weight is 483 g/mol. The number of fused-ring (bicyclic) bond motifs is 1. The van der Waals surface area contributed by atoms with E-state index in [0.717, 1.165) is 40.9 Å². The highest BCUT2D eigenvalue weighted by Gasteiger charge is 2.26. The zero-order valence-electron chi connectivity index (χ0n) is 16.7. The van der Waals surface area contributed by atoms with Gasteiger partial charge in [0.1, 0.15) is 11.3 Å². The Bertz CT molecular complexity index is 1060. The summed E-state index contributed by atoms with van der Waals surface area (Å²) in [6, 6.07) is 9.64. The topological polar surface area (TPSA) is 42.4 Å². The van der Waals surface area contributed by atoms with Crippen LogP contribution in [0.15, 0.2) is 41.3 Å². The minimum absolute atomic E-state index is 0.0685. The van der Waals surface area contributed by atoms with E-state index in [1.807, 2.05) is 24.3 Å². The fraction of sp³-hybridized carbons (Fsp3) is 0.364. The molecule has 2 heterocycles. The summed E-state index contributed by atoms with van der Waals surface area (Å²) in [5.41, 5.74) is 0.0878. The Balaban J connectivity index is 1.44. The quantitative estimate of drug-likeness (QED) is 0.278. The summed E-state index contributed by atoms with van der Waals surface area (Å²) in [4.78, 5) is 20.0. The van der Waals surface area contributed by atoms with Gasteiger partial charge >= 0.3 is 0 Å². The van der Waals surface area contributed by atoms with Crippen molar-refractivity contribution in [3.05, 3.63) is 53.1 Å². The molecule has 4 rings (SSSR count). The number of aromatic nitrogens is 1. The van der Waals surface area contributed by atoms with Gasteiger partial charge in [-0.05, 0) is 55.3 Å². The summed E-state index contributed by atoms with van der Waals surface area (Å²) >= 11 is 8.69. The highest BCUT2D eigenvalue weighted by molar-refractivity contribution is 7.99. The third kappa shape index (κ3) is 5.74. The number of thiazole rings is 1. The summed E-state index contributed by atoms with van der Waals surface area (Å²) in [6.45, 7) is 1.04. The van der Waals surface area contributed by atoms with E-state index in [9.17, 15) is 13.6 Å². The van der Waals surface area contributed by atoms with Gasteiger partial charge in [0, 0.05) is 29.0 Å². The van der Waals surface area contributed by atoms with Crippen LogP contribution in [0.1, 0.15) is 25.7 Å². The van der Waals surface area contributed by atoms with Crippen LogP contribution in [0.3, 0.4) is 0 Å². The van der Waals surface area contributed by atoms with Gasteiger partial charge in [-0.15, -0.1) is 11.8 Å². The first-order valence-corrected chi connectivity index (χ1v) is 12.2. The van der Waals surface area contributed by atoms with Crippen LogP contribution in [0.25, 0.3) is 10.2 Å². The van der Waals surface area contributed by atoms with Crippen LogP contribution < -0.4 is 4.90 Å². The molecule has 4 nitrogen and oxygen atoms in total. The molecule has 1 atom stereocenters. The largest absolute Gasteiger partial charge is 0.376 e. The van der Waals surface area contributed by atoms with Crippen molar-refractivity contribution in [1.29, 1.82) is 0 Å². The second-order valence-corrected chi connectivity index (χ2v) is 9.89. The zero-order chi connectivity index (χ0) is 21.8. The molecule has 164 valence electrons. The summed E-state index contributed by atoms with van der Waals surface area (Å²) in [6.07, 6.45) is 2.76. The van der Waals surface area contributed by atoms with Crippen LogP contribution in [0.4, 0.5) is 13.9 Å². The normalized spacial score (nSPS) is 16.2. The molecule has 0 N–H and O–H groups in total. The van der Waals surface area contributed by atoms with Crippen LogP contribution in [-0.2, 0) is 9.53 Å². The third-order valence-corrected chi connectivity index (χ3v) is 7.34. The molecule has 0 bridgehead atoms. The minimum atomic E-state index is -0.721. The summed E-state index contributed by atoms with van der Waals surface area (Å²) in [5, 5.41) is 1.07. The minimum Gasteiger partial charge on any atom is -0.376 e. The second-order valence-electron chi connectivity index (χ2n) is 7.28. The Morgan fingerprint density at radius 2 is 2.10 bits per heavy atom. The summed E-state index contributed by atoms with van der Waals surface area (Å²) < 4.78 is 33.8. The molecule has 1 unspecified atom stereocenters. The molecule has 1 fully saturated rings. The lowest BCUT2D eigenvalue weighted by molar-refractivity contribution is -0.119. The number of carbonyl (C=O) groups excluding carboxylic acids is 1. The fourth-order valence-corrected chi connectivity index (χ4v) is 5.43. The molecular formula is C22H21ClF2N2O2S2. The molecule has 1 aromatic heterocycles. The molecule has 1 saturated heterocycles. The number of hydrogen-bond acceptors (Lipinski definition) is 5. The molecule has 1 aliphatic rings. The van der Waals surface area contributed by atoms with Crippen LogP contribution in [0.2, 0.25) is 5.02 Å². The van der Waals surface area contributed by atoms with Crippen LogP contribution in [0.5, 0.6) is 0 Å². The molecule has 31 heavy (non-hydrogen) atoms. The maximum atomic E-state index is 14.1. The second kappa shape index (κ2) is 10.3. The van der Waals surface area contributed by atoms with E-state index in [0.29, 0.717) is 40.8 Å².